The molecule has 3 nitrogen and oxygen atoms in total. The molecular weight excluding hydrogens is 331 g/mol. The van der Waals surface area contributed by atoms with Crippen molar-refractivity contribution in [2.24, 2.45) is 0 Å². The fourth-order valence-electron chi connectivity index (χ4n) is 1.27. The van der Waals surface area contributed by atoms with E-state index >= 15 is 0 Å². The third-order valence-electron chi connectivity index (χ3n) is 2.00. The number of rotatable bonds is 3. The van der Waals surface area contributed by atoms with Crippen LogP contribution in [0.3, 0.4) is 0 Å². The van der Waals surface area contributed by atoms with E-state index in [0.717, 1.165) is 0 Å². The molecule has 0 amide bonds. The van der Waals surface area contributed by atoms with Crippen LogP contribution in [0.2, 0.25) is 0 Å². The van der Waals surface area contributed by atoms with Crippen LogP contribution in [0.5, 0.6) is 0 Å². The lowest BCUT2D eigenvalue weighted by Gasteiger charge is -2.10. The average molecular weight is 341 g/mol. The molecule has 0 aliphatic heterocycles. The molecule has 1 rings (SSSR count). The number of aromatic nitrogens is 1. The van der Waals surface area contributed by atoms with Crippen LogP contribution < -0.4 is 0 Å². The third-order valence-corrected chi connectivity index (χ3v) is 2.82. The zero-order chi connectivity index (χ0) is 12.3. The number of nitrogens with zero attached hydrogens (tertiary/aromatic N) is 1. The average Bonchev–Trinajstić information content (AvgIpc) is 2.17. The van der Waals surface area contributed by atoms with Crippen LogP contribution in [0.1, 0.15) is 35.0 Å². The van der Waals surface area contributed by atoms with Crippen molar-refractivity contribution < 1.29 is 18.3 Å². The number of alkyl halides is 2. The highest BCUT2D eigenvalue weighted by Crippen LogP contribution is 2.26. The minimum Gasteiger partial charge on any atom is -0.462 e. The van der Waals surface area contributed by atoms with Crippen LogP contribution in [0.25, 0.3) is 0 Å². The summed E-state index contributed by atoms with van der Waals surface area (Å²) in [5, 5.41) is 0. The van der Waals surface area contributed by atoms with Crippen molar-refractivity contribution in [3.8, 4) is 0 Å². The highest BCUT2D eigenvalue weighted by molar-refractivity contribution is 14.1. The van der Waals surface area contributed by atoms with E-state index in [1.54, 1.807) is 6.92 Å². The molecule has 0 aromatic carbocycles. The van der Waals surface area contributed by atoms with Crippen LogP contribution in [-0.2, 0) is 4.74 Å². The first kappa shape index (κ1) is 13.3. The largest absolute Gasteiger partial charge is 0.462 e. The second-order valence-corrected chi connectivity index (χ2v) is 4.17. The minimum absolute atomic E-state index is 0.174. The van der Waals surface area contributed by atoms with Crippen molar-refractivity contribution in [1.29, 1.82) is 0 Å². The predicted molar refractivity (Wildman–Crippen MR) is 62.6 cm³/mol. The van der Waals surface area contributed by atoms with Gasteiger partial charge in [-0.3, -0.25) is 4.98 Å². The first-order valence-corrected chi connectivity index (χ1v) is 5.67. The Morgan fingerprint density at radius 3 is 2.75 bits per heavy atom. The van der Waals surface area contributed by atoms with Crippen molar-refractivity contribution >= 4 is 28.6 Å². The molecule has 16 heavy (non-hydrogen) atoms. The maximum Gasteiger partial charge on any atom is 0.339 e. The molecule has 1 heterocycles. The fourth-order valence-corrected chi connectivity index (χ4v) is 2.03. The number of esters is 1. The Kier molecular flexibility index (Phi) is 4.57. The van der Waals surface area contributed by atoms with Gasteiger partial charge in [0.05, 0.1) is 12.2 Å². The Labute approximate surface area is 105 Å². The molecule has 0 unspecified atom stereocenters. The summed E-state index contributed by atoms with van der Waals surface area (Å²) in [5.74, 6) is -0.589. The Balaban J connectivity index is 3.26. The summed E-state index contributed by atoms with van der Waals surface area (Å²) in [5.41, 5.74) is -0.0171. The van der Waals surface area contributed by atoms with E-state index in [4.69, 9.17) is 4.74 Å². The zero-order valence-corrected chi connectivity index (χ0v) is 10.9. The molecule has 88 valence electrons. The van der Waals surface area contributed by atoms with E-state index in [1.807, 2.05) is 22.6 Å². The number of hydrogen-bond donors (Lipinski definition) is 0. The van der Waals surface area contributed by atoms with Gasteiger partial charge < -0.3 is 4.74 Å². The van der Waals surface area contributed by atoms with Gasteiger partial charge in [0, 0.05) is 9.77 Å². The summed E-state index contributed by atoms with van der Waals surface area (Å²) in [6, 6.07) is 0. The molecule has 1 aromatic heterocycles. The van der Waals surface area contributed by atoms with E-state index in [0.29, 0.717) is 3.57 Å². The highest BCUT2D eigenvalue weighted by Gasteiger charge is 2.21. The lowest BCUT2D eigenvalue weighted by molar-refractivity contribution is 0.0523. The molecular formula is C10H10F2INO2. The molecule has 0 spiro atoms. The van der Waals surface area contributed by atoms with E-state index in [9.17, 15) is 13.6 Å². The number of pyridine rings is 1. The van der Waals surface area contributed by atoms with Gasteiger partial charge in [-0.05, 0) is 42.0 Å². The second kappa shape index (κ2) is 5.51. The van der Waals surface area contributed by atoms with E-state index < -0.39 is 12.4 Å². The first-order valence-electron chi connectivity index (χ1n) is 4.59. The molecule has 0 N–H and O–H groups in total. The molecule has 0 aliphatic carbocycles. The number of ether oxygens (including phenoxy) is 1. The third kappa shape index (κ3) is 2.66. The first-order chi connectivity index (χ1) is 7.49. The zero-order valence-electron chi connectivity index (χ0n) is 8.76. The van der Waals surface area contributed by atoms with E-state index in [-0.39, 0.29) is 23.4 Å². The van der Waals surface area contributed by atoms with Gasteiger partial charge in [0.25, 0.3) is 6.43 Å². The lowest BCUT2D eigenvalue weighted by Crippen LogP contribution is -2.12. The number of carbonyl (C=O) groups excluding carboxylic acids is 1. The molecule has 1 aromatic rings. The van der Waals surface area contributed by atoms with Crippen molar-refractivity contribution in [3.63, 3.8) is 0 Å². The smallest absolute Gasteiger partial charge is 0.339 e. The summed E-state index contributed by atoms with van der Waals surface area (Å²) in [6.07, 6.45) is -1.44. The van der Waals surface area contributed by atoms with Gasteiger partial charge in [-0.15, -0.1) is 0 Å². The molecule has 0 radical (unpaired) electrons. The Bertz CT molecular complexity index is 410. The quantitative estimate of drug-likeness (QED) is 0.627. The Morgan fingerprint density at radius 1 is 1.62 bits per heavy atom. The van der Waals surface area contributed by atoms with Gasteiger partial charge in [0.15, 0.2) is 0 Å². The Hall–Kier alpha value is -0.790. The maximum atomic E-state index is 12.6. The number of halogens is 3. The van der Waals surface area contributed by atoms with E-state index in [2.05, 4.69) is 4.98 Å². The van der Waals surface area contributed by atoms with Crippen LogP contribution in [0, 0.1) is 10.5 Å². The van der Waals surface area contributed by atoms with Crippen LogP contribution in [0.15, 0.2) is 6.20 Å². The van der Waals surface area contributed by atoms with Gasteiger partial charge in [0.1, 0.15) is 5.69 Å². The molecule has 0 saturated carbocycles. The molecule has 0 fully saturated rings. The standard InChI is InChI=1S/C10H10F2INO2/c1-3-16-10(15)7-5(2)8(9(11)12)14-4-6(7)13/h4,9H,3H2,1-2H3. The van der Waals surface area contributed by atoms with Crippen LogP contribution in [-0.4, -0.2) is 17.6 Å². The van der Waals surface area contributed by atoms with Gasteiger partial charge in [0.2, 0.25) is 0 Å². The minimum atomic E-state index is -2.69. The summed E-state index contributed by atoms with van der Waals surface area (Å²) in [6.45, 7) is 3.32. The molecule has 0 saturated heterocycles. The van der Waals surface area contributed by atoms with Crippen LogP contribution in [0.4, 0.5) is 8.78 Å². The van der Waals surface area contributed by atoms with Crippen molar-refractivity contribution in [1.82, 2.24) is 4.98 Å². The van der Waals surface area contributed by atoms with Crippen molar-refractivity contribution in [2.75, 3.05) is 6.61 Å². The van der Waals surface area contributed by atoms with Gasteiger partial charge in [-0.2, -0.15) is 0 Å². The monoisotopic (exact) mass is 341 g/mol. The molecule has 0 aliphatic rings. The van der Waals surface area contributed by atoms with Crippen LogP contribution >= 0.6 is 22.6 Å². The second-order valence-electron chi connectivity index (χ2n) is 3.01. The SMILES string of the molecule is CCOC(=O)c1c(I)cnc(C(F)F)c1C. The van der Waals surface area contributed by atoms with Gasteiger partial charge >= 0.3 is 5.97 Å². The topological polar surface area (TPSA) is 39.2 Å². The fraction of sp³-hybridized carbons (Fsp3) is 0.400. The summed E-state index contributed by atoms with van der Waals surface area (Å²) < 4.78 is 30.5. The normalized spacial score (nSPS) is 10.6. The Morgan fingerprint density at radius 2 is 2.25 bits per heavy atom. The summed E-state index contributed by atoms with van der Waals surface area (Å²) >= 11 is 1.87. The highest BCUT2D eigenvalue weighted by atomic mass is 127. The predicted octanol–water partition coefficient (Wildman–Crippen LogP) is 3.11. The lowest BCUT2D eigenvalue weighted by atomic mass is 10.1. The van der Waals surface area contributed by atoms with Gasteiger partial charge in [-0.1, -0.05) is 0 Å². The maximum absolute atomic E-state index is 12.6. The van der Waals surface area contributed by atoms with Crippen molar-refractivity contribution in [3.05, 3.63) is 26.6 Å². The van der Waals surface area contributed by atoms with Crippen molar-refractivity contribution in [2.45, 2.75) is 20.3 Å². The molecule has 0 bridgehead atoms. The summed E-state index contributed by atoms with van der Waals surface area (Å²) in [7, 11) is 0. The number of carbonyl (C=O) groups is 1. The molecule has 6 heteroatoms. The van der Waals surface area contributed by atoms with E-state index in [1.165, 1.54) is 13.1 Å². The molecule has 0 atom stereocenters. The van der Waals surface area contributed by atoms with Gasteiger partial charge in [-0.25, -0.2) is 13.6 Å². The summed E-state index contributed by atoms with van der Waals surface area (Å²) in [4.78, 5) is 15.2. The number of hydrogen-bond acceptors (Lipinski definition) is 3.